The molecule has 0 radical (unpaired) electrons. The molecule has 0 aliphatic heterocycles. The lowest BCUT2D eigenvalue weighted by Gasteiger charge is -2.14. The van der Waals surface area contributed by atoms with Gasteiger partial charge < -0.3 is 21.5 Å². The van der Waals surface area contributed by atoms with E-state index in [1.165, 1.54) is 24.3 Å². The van der Waals surface area contributed by atoms with Gasteiger partial charge in [-0.15, -0.1) is 13.2 Å². The van der Waals surface area contributed by atoms with Crippen molar-refractivity contribution in [2.45, 2.75) is 13.3 Å². The third-order valence-corrected chi connectivity index (χ3v) is 3.22. The highest BCUT2D eigenvalue weighted by molar-refractivity contribution is 6.47. The smallest absolute Gasteiger partial charge is 0.405 e. The van der Waals surface area contributed by atoms with Gasteiger partial charge in [-0.05, 0) is 31.3 Å². The van der Waals surface area contributed by atoms with Crippen molar-refractivity contribution in [3.05, 3.63) is 42.7 Å². The van der Waals surface area contributed by atoms with E-state index in [1.54, 1.807) is 6.92 Å². The van der Waals surface area contributed by atoms with Crippen molar-refractivity contribution < 1.29 is 22.7 Å². The van der Waals surface area contributed by atoms with Crippen LogP contribution in [0, 0.1) is 0 Å². The Morgan fingerprint density at radius 1 is 1.36 bits per heavy atom. The Morgan fingerprint density at radius 2 is 2.07 bits per heavy atom. The minimum absolute atomic E-state index is 0.00185. The summed E-state index contributed by atoms with van der Waals surface area (Å²) in [7, 11) is 0. The first-order valence-corrected chi connectivity index (χ1v) is 7.97. The summed E-state index contributed by atoms with van der Waals surface area (Å²) in [6.45, 7) is 2.10. The van der Waals surface area contributed by atoms with Crippen LogP contribution in [0.15, 0.2) is 47.7 Å². The summed E-state index contributed by atoms with van der Waals surface area (Å²) in [5.41, 5.74) is 11.1. The highest BCUT2D eigenvalue weighted by atomic mass is 19.4. The average molecular weight is 394 g/mol. The Morgan fingerprint density at radius 3 is 2.68 bits per heavy atom. The maximum Gasteiger partial charge on any atom is 0.573 e. The molecule has 1 aromatic heterocycles. The molecule has 11 heteroatoms. The molecule has 0 saturated carbocycles. The minimum Gasteiger partial charge on any atom is -0.405 e. The fourth-order valence-corrected chi connectivity index (χ4v) is 2.19. The molecule has 0 aliphatic rings. The van der Waals surface area contributed by atoms with Gasteiger partial charge in [-0.1, -0.05) is 12.1 Å². The largest absolute Gasteiger partial charge is 0.573 e. The summed E-state index contributed by atoms with van der Waals surface area (Å²) in [6.07, 6.45) is -1.25. The maximum absolute atomic E-state index is 12.6. The fourth-order valence-electron chi connectivity index (χ4n) is 2.19. The number of amides is 1. The standard InChI is InChI=1S/C17H17F3N6O2/c1-2-23-11(7-8-21)16(27)26-13-9-24-14(15(22)25-13)10-5-3-4-6-12(10)28-17(18,19)20/h3-9H,2,21H2,1H3,(H3,22,25,26,27). The van der Waals surface area contributed by atoms with Crippen molar-refractivity contribution in [2.75, 3.05) is 17.6 Å². The molecule has 2 aromatic rings. The highest BCUT2D eigenvalue weighted by Crippen LogP contribution is 2.34. The lowest BCUT2D eigenvalue weighted by molar-refractivity contribution is -0.274. The zero-order chi connectivity index (χ0) is 20.7. The molecule has 0 unspecified atom stereocenters. The van der Waals surface area contributed by atoms with Crippen LogP contribution in [0.5, 0.6) is 5.75 Å². The number of nitrogen functional groups attached to an aromatic ring is 1. The number of rotatable bonds is 6. The third-order valence-electron chi connectivity index (χ3n) is 3.22. The number of ether oxygens (including phenoxy) is 1. The summed E-state index contributed by atoms with van der Waals surface area (Å²) in [4.78, 5) is 24.1. The monoisotopic (exact) mass is 394 g/mol. The van der Waals surface area contributed by atoms with Crippen LogP contribution in [0.1, 0.15) is 6.92 Å². The van der Waals surface area contributed by atoms with E-state index in [0.717, 1.165) is 18.5 Å². The van der Waals surface area contributed by atoms with Gasteiger partial charge in [0.05, 0.1) is 6.20 Å². The van der Waals surface area contributed by atoms with E-state index in [0.29, 0.717) is 6.54 Å². The second kappa shape index (κ2) is 8.84. The maximum atomic E-state index is 12.6. The number of carbonyl (C=O) groups excluding carboxylic acids is 1. The van der Waals surface area contributed by atoms with Crippen LogP contribution in [-0.4, -0.2) is 34.5 Å². The second-order valence-electron chi connectivity index (χ2n) is 5.21. The lowest BCUT2D eigenvalue weighted by Crippen LogP contribution is -2.23. The molecule has 0 aliphatic carbocycles. The number of alkyl halides is 3. The quantitative estimate of drug-likeness (QED) is 0.646. The molecule has 0 atom stereocenters. The van der Waals surface area contributed by atoms with Gasteiger partial charge in [-0.3, -0.25) is 9.79 Å². The predicted octanol–water partition coefficient (Wildman–Crippen LogP) is 2.50. The van der Waals surface area contributed by atoms with Crippen molar-refractivity contribution in [1.29, 1.82) is 0 Å². The van der Waals surface area contributed by atoms with Crippen LogP contribution in [0.3, 0.4) is 0 Å². The van der Waals surface area contributed by atoms with Crippen LogP contribution in [0.25, 0.3) is 11.3 Å². The summed E-state index contributed by atoms with van der Waals surface area (Å²) >= 11 is 0. The molecule has 0 saturated heterocycles. The van der Waals surface area contributed by atoms with E-state index >= 15 is 0 Å². The van der Waals surface area contributed by atoms with Crippen LogP contribution in [-0.2, 0) is 4.79 Å². The van der Waals surface area contributed by atoms with E-state index in [1.807, 2.05) is 0 Å². The van der Waals surface area contributed by atoms with Crippen LogP contribution < -0.4 is 21.5 Å². The van der Waals surface area contributed by atoms with E-state index < -0.39 is 18.0 Å². The molecule has 148 valence electrons. The third kappa shape index (κ3) is 5.43. The lowest BCUT2D eigenvalue weighted by atomic mass is 10.1. The first kappa shape index (κ1) is 20.7. The number of anilines is 2. The Balaban J connectivity index is 2.31. The number of halogens is 3. The summed E-state index contributed by atoms with van der Waals surface area (Å²) < 4.78 is 41.7. The average Bonchev–Trinajstić information content (AvgIpc) is 2.61. The zero-order valence-corrected chi connectivity index (χ0v) is 14.7. The molecule has 28 heavy (non-hydrogen) atoms. The van der Waals surface area contributed by atoms with Gasteiger partial charge in [0.25, 0.3) is 5.91 Å². The van der Waals surface area contributed by atoms with E-state index in [4.69, 9.17) is 11.5 Å². The molecule has 1 amide bonds. The Kier molecular flexibility index (Phi) is 6.53. The number of benzene rings is 1. The van der Waals surface area contributed by atoms with Crippen LogP contribution in [0.4, 0.5) is 24.8 Å². The second-order valence-corrected chi connectivity index (χ2v) is 5.21. The normalized spacial score (nSPS) is 12.2. The Bertz CT molecular complexity index is 912. The van der Waals surface area contributed by atoms with Crippen molar-refractivity contribution >= 4 is 23.3 Å². The SMILES string of the molecule is CCN=C(C=CN)C(=O)Nc1cnc(-c2ccccc2OC(F)(F)F)c(N)n1. The summed E-state index contributed by atoms with van der Waals surface area (Å²) in [5, 5.41) is 2.44. The number of aromatic nitrogens is 2. The van der Waals surface area contributed by atoms with E-state index in [2.05, 4.69) is 25.0 Å². The number of nitrogens with two attached hydrogens (primary N) is 2. The van der Waals surface area contributed by atoms with Crippen molar-refractivity contribution in [3.8, 4) is 17.0 Å². The summed E-state index contributed by atoms with van der Waals surface area (Å²) in [6, 6.07) is 5.37. The van der Waals surface area contributed by atoms with Gasteiger partial charge in [0, 0.05) is 12.1 Å². The molecule has 0 bridgehead atoms. The van der Waals surface area contributed by atoms with Gasteiger partial charge >= 0.3 is 6.36 Å². The Labute approximate surface area is 158 Å². The molecular weight excluding hydrogens is 377 g/mol. The highest BCUT2D eigenvalue weighted by Gasteiger charge is 2.32. The molecule has 0 fully saturated rings. The fraction of sp³-hybridized carbons (Fsp3) is 0.176. The Hall–Kier alpha value is -3.63. The zero-order valence-electron chi connectivity index (χ0n) is 14.7. The topological polar surface area (TPSA) is 129 Å². The van der Waals surface area contributed by atoms with E-state index in [-0.39, 0.29) is 28.6 Å². The van der Waals surface area contributed by atoms with E-state index in [9.17, 15) is 18.0 Å². The molecule has 8 nitrogen and oxygen atoms in total. The molecule has 5 N–H and O–H groups in total. The predicted molar refractivity (Wildman–Crippen MR) is 98.5 cm³/mol. The number of para-hydroxylation sites is 1. The van der Waals surface area contributed by atoms with Gasteiger partial charge in [0.15, 0.2) is 11.6 Å². The number of hydrogen-bond donors (Lipinski definition) is 3. The van der Waals surface area contributed by atoms with Gasteiger partial charge in [0.2, 0.25) is 0 Å². The number of carbonyl (C=O) groups is 1. The van der Waals surface area contributed by atoms with Gasteiger partial charge in [-0.25, -0.2) is 9.97 Å². The first-order chi connectivity index (χ1) is 13.2. The number of nitrogens with zero attached hydrogens (tertiary/aromatic N) is 3. The van der Waals surface area contributed by atoms with Crippen LogP contribution >= 0.6 is 0 Å². The first-order valence-electron chi connectivity index (χ1n) is 7.97. The van der Waals surface area contributed by atoms with Crippen molar-refractivity contribution in [2.24, 2.45) is 10.7 Å². The van der Waals surface area contributed by atoms with Crippen molar-refractivity contribution in [1.82, 2.24) is 9.97 Å². The molecule has 2 rings (SSSR count). The van der Waals surface area contributed by atoms with Crippen molar-refractivity contribution in [3.63, 3.8) is 0 Å². The number of aliphatic imine (C=N–C) groups is 1. The molecular formula is C17H17F3N6O2. The van der Waals surface area contributed by atoms with Gasteiger partial charge in [-0.2, -0.15) is 0 Å². The number of hydrogen-bond acceptors (Lipinski definition) is 7. The molecule has 0 spiro atoms. The van der Waals surface area contributed by atoms with Crippen LogP contribution in [0.2, 0.25) is 0 Å². The van der Waals surface area contributed by atoms with Gasteiger partial charge in [0.1, 0.15) is 17.2 Å². The molecule has 1 aromatic carbocycles. The molecule has 1 heterocycles. The summed E-state index contributed by atoms with van der Waals surface area (Å²) in [5.74, 6) is -1.27. The minimum atomic E-state index is -4.88. The number of nitrogens with one attached hydrogen (secondary N) is 1.